The van der Waals surface area contributed by atoms with E-state index < -0.39 is 11.9 Å². The molecule has 3 nitrogen and oxygen atoms in total. The number of likely N-dealkylation sites (tertiary alicyclic amines) is 1. The standard InChI is InChI=1S/C10H14F3N3S/c1-6-15-9(10(11,12)13)8(17-6)5-16-3-2-7(14)4-16/h7H,2-5,14H2,1H3/t7-/m1/s1. The minimum Gasteiger partial charge on any atom is -0.326 e. The van der Waals surface area contributed by atoms with Gasteiger partial charge in [-0.1, -0.05) is 0 Å². The van der Waals surface area contributed by atoms with E-state index in [0.717, 1.165) is 24.3 Å². The fraction of sp³-hybridized carbons (Fsp3) is 0.700. The fourth-order valence-corrected chi connectivity index (χ4v) is 3.01. The summed E-state index contributed by atoms with van der Waals surface area (Å²) in [5.74, 6) is 0. The van der Waals surface area contributed by atoms with Gasteiger partial charge >= 0.3 is 6.18 Å². The van der Waals surface area contributed by atoms with Crippen LogP contribution in [0.4, 0.5) is 13.2 Å². The molecule has 1 aliphatic heterocycles. The van der Waals surface area contributed by atoms with Gasteiger partial charge in [0.25, 0.3) is 0 Å². The molecular weight excluding hydrogens is 251 g/mol. The lowest BCUT2D eigenvalue weighted by atomic mass is 10.3. The monoisotopic (exact) mass is 265 g/mol. The van der Waals surface area contributed by atoms with Crippen molar-refractivity contribution < 1.29 is 13.2 Å². The second-order valence-corrected chi connectivity index (χ2v) is 5.57. The molecule has 0 saturated carbocycles. The van der Waals surface area contributed by atoms with E-state index in [4.69, 9.17) is 5.73 Å². The van der Waals surface area contributed by atoms with Crippen molar-refractivity contribution >= 4 is 11.3 Å². The molecule has 1 aromatic heterocycles. The molecule has 1 fully saturated rings. The molecule has 2 rings (SSSR count). The van der Waals surface area contributed by atoms with Crippen molar-refractivity contribution in [2.45, 2.75) is 32.1 Å². The second kappa shape index (κ2) is 4.55. The summed E-state index contributed by atoms with van der Waals surface area (Å²) < 4.78 is 38.1. The number of aromatic nitrogens is 1. The van der Waals surface area contributed by atoms with Gasteiger partial charge in [-0.05, 0) is 13.3 Å². The lowest BCUT2D eigenvalue weighted by Crippen LogP contribution is -2.26. The molecule has 0 spiro atoms. The SMILES string of the molecule is Cc1nc(C(F)(F)F)c(CN2CC[C@@H](N)C2)s1. The molecule has 1 atom stereocenters. The van der Waals surface area contributed by atoms with E-state index in [1.807, 2.05) is 4.90 Å². The van der Waals surface area contributed by atoms with E-state index >= 15 is 0 Å². The highest BCUT2D eigenvalue weighted by Crippen LogP contribution is 2.35. The van der Waals surface area contributed by atoms with Gasteiger partial charge < -0.3 is 5.73 Å². The molecule has 0 bridgehead atoms. The van der Waals surface area contributed by atoms with Gasteiger partial charge in [0.15, 0.2) is 5.69 Å². The number of hydrogen-bond acceptors (Lipinski definition) is 4. The Hall–Kier alpha value is -0.660. The van der Waals surface area contributed by atoms with E-state index in [0.29, 0.717) is 23.0 Å². The lowest BCUT2D eigenvalue weighted by molar-refractivity contribution is -0.141. The van der Waals surface area contributed by atoms with Gasteiger partial charge in [-0.3, -0.25) is 4.90 Å². The largest absolute Gasteiger partial charge is 0.434 e. The molecule has 0 unspecified atom stereocenters. The Balaban J connectivity index is 2.15. The zero-order chi connectivity index (χ0) is 12.6. The first-order chi connectivity index (χ1) is 7.86. The maximum atomic E-state index is 12.7. The van der Waals surface area contributed by atoms with E-state index in [1.165, 1.54) is 0 Å². The molecule has 1 aromatic rings. The van der Waals surface area contributed by atoms with Crippen molar-refractivity contribution in [2.24, 2.45) is 5.73 Å². The first-order valence-electron chi connectivity index (χ1n) is 5.37. The normalized spacial score (nSPS) is 22.3. The molecule has 96 valence electrons. The van der Waals surface area contributed by atoms with Crippen LogP contribution in [0.1, 0.15) is 22.0 Å². The Morgan fingerprint density at radius 2 is 2.24 bits per heavy atom. The zero-order valence-corrected chi connectivity index (χ0v) is 10.2. The number of rotatable bonds is 2. The highest BCUT2D eigenvalue weighted by atomic mass is 32.1. The van der Waals surface area contributed by atoms with E-state index in [-0.39, 0.29) is 6.04 Å². The third kappa shape index (κ3) is 2.97. The molecule has 0 aliphatic carbocycles. The van der Waals surface area contributed by atoms with Gasteiger partial charge in [0, 0.05) is 25.7 Å². The van der Waals surface area contributed by atoms with E-state index in [1.54, 1.807) is 6.92 Å². The van der Waals surface area contributed by atoms with Crippen LogP contribution in [-0.4, -0.2) is 29.0 Å². The van der Waals surface area contributed by atoms with Crippen LogP contribution in [0.25, 0.3) is 0 Å². The van der Waals surface area contributed by atoms with Crippen LogP contribution < -0.4 is 5.73 Å². The molecule has 0 radical (unpaired) electrons. The van der Waals surface area contributed by atoms with Gasteiger partial charge in [0.2, 0.25) is 0 Å². The zero-order valence-electron chi connectivity index (χ0n) is 9.42. The minimum atomic E-state index is -4.36. The molecule has 0 aromatic carbocycles. The quantitative estimate of drug-likeness (QED) is 0.889. The van der Waals surface area contributed by atoms with Crippen LogP contribution in [0.2, 0.25) is 0 Å². The summed E-state index contributed by atoms with van der Waals surface area (Å²) in [5.41, 5.74) is 5.00. The van der Waals surface area contributed by atoms with Gasteiger partial charge in [0.1, 0.15) is 0 Å². The summed E-state index contributed by atoms with van der Waals surface area (Å²) in [6.45, 7) is 3.32. The number of aryl methyl sites for hydroxylation is 1. The predicted molar refractivity (Wildman–Crippen MR) is 59.7 cm³/mol. The van der Waals surface area contributed by atoms with Crippen LogP contribution in [0.3, 0.4) is 0 Å². The summed E-state index contributed by atoms with van der Waals surface area (Å²) in [6.07, 6.45) is -3.51. The molecule has 1 aliphatic rings. The van der Waals surface area contributed by atoms with Gasteiger partial charge in [-0.15, -0.1) is 11.3 Å². The van der Waals surface area contributed by atoms with Crippen molar-refractivity contribution in [3.63, 3.8) is 0 Å². The number of halogens is 3. The van der Waals surface area contributed by atoms with Crippen molar-refractivity contribution in [1.82, 2.24) is 9.88 Å². The van der Waals surface area contributed by atoms with Crippen LogP contribution >= 0.6 is 11.3 Å². The molecule has 7 heteroatoms. The molecule has 2 heterocycles. The summed E-state index contributed by atoms with van der Waals surface area (Å²) in [6, 6.07) is 0.0818. The first kappa shape index (κ1) is 12.8. The molecule has 2 N–H and O–H groups in total. The maximum Gasteiger partial charge on any atom is 0.434 e. The van der Waals surface area contributed by atoms with E-state index in [9.17, 15) is 13.2 Å². The molecule has 17 heavy (non-hydrogen) atoms. The molecular formula is C10H14F3N3S. The third-order valence-electron chi connectivity index (χ3n) is 2.75. The first-order valence-corrected chi connectivity index (χ1v) is 6.19. The highest BCUT2D eigenvalue weighted by Gasteiger charge is 2.37. The number of nitrogens with zero attached hydrogens (tertiary/aromatic N) is 2. The van der Waals surface area contributed by atoms with Gasteiger partial charge in [-0.2, -0.15) is 13.2 Å². The number of thiazole rings is 1. The number of nitrogens with two attached hydrogens (primary N) is 1. The second-order valence-electron chi connectivity index (χ2n) is 4.29. The van der Waals surface area contributed by atoms with Crippen molar-refractivity contribution in [3.8, 4) is 0 Å². The third-order valence-corrected chi connectivity index (χ3v) is 3.70. The van der Waals surface area contributed by atoms with Crippen LogP contribution in [0.5, 0.6) is 0 Å². The summed E-state index contributed by atoms with van der Waals surface area (Å²) in [7, 11) is 0. The summed E-state index contributed by atoms with van der Waals surface area (Å²) in [5, 5.41) is 0.454. The minimum absolute atomic E-state index is 0.0818. The fourth-order valence-electron chi connectivity index (χ4n) is 2.01. The van der Waals surface area contributed by atoms with Crippen molar-refractivity contribution in [3.05, 3.63) is 15.6 Å². The average Bonchev–Trinajstić information content (AvgIpc) is 2.72. The average molecular weight is 265 g/mol. The van der Waals surface area contributed by atoms with Crippen molar-refractivity contribution in [2.75, 3.05) is 13.1 Å². The summed E-state index contributed by atoms with van der Waals surface area (Å²) in [4.78, 5) is 5.83. The Morgan fingerprint density at radius 1 is 1.53 bits per heavy atom. The van der Waals surface area contributed by atoms with Crippen molar-refractivity contribution in [1.29, 1.82) is 0 Å². The van der Waals surface area contributed by atoms with Gasteiger partial charge in [0.05, 0.1) is 9.88 Å². The molecule has 0 amide bonds. The number of hydrogen-bond donors (Lipinski definition) is 1. The predicted octanol–water partition coefficient (Wildman–Crippen LogP) is 2.00. The smallest absolute Gasteiger partial charge is 0.326 e. The van der Waals surface area contributed by atoms with Crippen LogP contribution in [0, 0.1) is 6.92 Å². The molecule has 1 saturated heterocycles. The highest BCUT2D eigenvalue weighted by molar-refractivity contribution is 7.11. The van der Waals surface area contributed by atoms with Gasteiger partial charge in [-0.25, -0.2) is 4.98 Å². The Morgan fingerprint density at radius 3 is 2.76 bits per heavy atom. The Labute approximate surface area is 101 Å². The van der Waals surface area contributed by atoms with Crippen LogP contribution in [-0.2, 0) is 12.7 Å². The Bertz CT molecular complexity index is 402. The maximum absolute atomic E-state index is 12.7. The van der Waals surface area contributed by atoms with E-state index in [2.05, 4.69) is 4.98 Å². The number of alkyl halides is 3. The summed E-state index contributed by atoms with van der Waals surface area (Å²) >= 11 is 1.12. The lowest BCUT2D eigenvalue weighted by Gasteiger charge is -2.15. The van der Waals surface area contributed by atoms with Crippen LogP contribution in [0.15, 0.2) is 0 Å². The topological polar surface area (TPSA) is 42.2 Å². The Kier molecular flexibility index (Phi) is 3.42.